The van der Waals surface area contributed by atoms with Crippen LogP contribution < -0.4 is 15.1 Å². The maximum atomic E-state index is 12.8. The Morgan fingerprint density at radius 3 is 2.62 bits per heavy atom. The molecule has 2 saturated heterocycles. The van der Waals surface area contributed by atoms with E-state index in [1.54, 1.807) is 17.2 Å². The number of benzene rings is 1. The molecule has 2 fully saturated rings. The van der Waals surface area contributed by atoms with E-state index >= 15 is 0 Å². The fourth-order valence-electron chi connectivity index (χ4n) is 3.76. The van der Waals surface area contributed by atoms with Gasteiger partial charge in [-0.3, -0.25) is 9.69 Å². The molecule has 1 aromatic heterocycles. The van der Waals surface area contributed by atoms with Crippen molar-refractivity contribution >= 4 is 29.0 Å². The van der Waals surface area contributed by atoms with Crippen molar-refractivity contribution in [2.75, 3.05) is 48.0 Å². The molecular formula is C21H24N6O2. The zero-order chi connectivity index (χ0) is 20.3. The molecule has 2 aliphatic heterocycles. The molecule has 2 aliphatic rings. The highest BCUT2D eigenvalue weighted by Gasteiger charge is 2.46. The first-order valence-corrected chi connectivity index (χ1v) is 9.91. The van der Waals surface area contributed by atoms with E-state index in [4.69, 9.17) is 4.74 Å². The number of nitrogens with zero attached hydrogens (tertiary/aromatic N) is 5. The highest BCUT2D eigenvalue weighted by molar-refractivity contribution is 6.01. The van der Waals surface area contributed by atoms with Crippen LogP contribution in [-0.4, -0.2) is 48.7 Å². The molecule has 8 heteroatoms. The van der Waals surface area contributed by atoms with Crippen molar-refractivity contribution in [3.8, 4) is 6.07 Å². The summed E-state index contributed by atoms with van der Waals surface area (Å²) in [5, 5.41) is 12.7. The van der Waals surface area contributed by atoms with E-state index in [1.807, 2.05) is 19.1 Å². The van der Waals surface area contributed by atoms with Crippen LogP contribution >= 0.6 is 0 Å². The number of hydrogen-bond donors (Lipinski definition) is 1. The minimum Gasteiger partial charge on any atom is -0.378 e. The second kappa shape index (κ2) is 8.05. The smallest absolute Gasteiger partial charge is 0.248 e. The summed E-state index contributed by atoms with van der Waals surface area (Å²) in [7, 11) is 0. The van der Waals surface area contributed by atoms with Gasteiger partial charge in [-0.25, -0.2) is 4.98 Å². The summed E-state index contributed by atoms with van der Waals surface area (Å²) < 4.78 is 5.40. The Hall–Kier alpha value is -3.18. The number of morpholine rings is 1. The van der Waals surface area contributed by atoms with E-state index in [1.165, 1.54) is 0 Å². The number of nitrogens with one attached hydrogen (secondary N) is 1. The number of carbonyl (C=O) groups excluding carboxylic acids is 1. The summed E-state index contributed by atoms with van der Waals surface area (Å²) in [6.07, 6.45) is 2.65. The van der Waals surface area contributed by atoms with Gasteiger partial charge < -0.3 is 15.0 Å². The van der Waals surface area contributed by atoms with Gasteiger partial charge in [0.25, 0.3) is 0 Å². The summed E-state index contributed by atoms with van der Waals surface area (Å²) in [4.78, 5) is 25.4. The summed E-state index contributed by atoms with van der Waals surface area (Å²) in [6, 6.07) is 12.0. The Morgan fingerprint density at radius 2 is 1.97 bits per heavy atom. The van der Waals surface area contributed by atoms with E-state index in [-0.39, 0.29) is 5.91 Å². The van der Waals surface area contributed by atoms with Gasteiger partial charge in [-0.05, 0) is 43.2 Å². The Bertz CT molecular complexity index is 920. The Balaban J connectivity index is 1.47. The lowest BCUT2D eigenvalue weighted by Crippen LogP contribution is -2.36. The molecule has 1 amide bonds. The van der Waals surface area contributed by atoms with Crippen LogP contribution in [0.15, 0.2) is 36.5 Å². The maximum absolute atomic E-state index is 12.8. The second-order valence-corrected chi connectivity index (χ2v) is 7.26. The number of rotatable bonds is 5. The molecule has 0 saturated carbocycles. The van der Waals surface area contributed by atoms with Crippen LogP contribution in [0.1, 0.15) is 19.8 Å². The number of hydrogen-bond acceptors (Lipinski definition) is 7. The van der Waals surface area contributed by atoms with E-state index < -0.39 is 5.41 Å². The Morgan fingerprint density at radius 1 is 1.21 bits per heavy atom. The van der Waals surface area contributed by atoms with Crippen LogP contribution in [-0.2, 0) is 9.53 Å². The molecule has 1 N–H and O–H groups in total. The van der Waals surface area contributed by atoms with E-state index in [0.29, 0.717) is 31.2 Å². The lowest BCUT2D eigenvalue weighted by atomic mass is 9.85. The van der Waals surface area contributed by atoms with Gasteiger partial charge in [0.05, 0.1) is 19.3 Å². The molecule has 3 heterocycles. The van der Waals surface area contributed by atoms with E-state index in [9.17, 15) is 10.1 Å². The molecule has 150 valence electrons. The molecule has 8 nitrogen and oxygen atoms in total. The number of amides is 1. The van der Waals surface area contributed by atoms with Gasteiger partial charge in [0.15, 0.2) is 0 Å². The van der Waals surface area contributed by atoms with Gasteiger partial charge in [-0.2, -0.15) is 10.2 Å². The second-order valence-electron chi connectivity index (χ2n) is 7.26. The van der Waals surface area contributed by atoms with Crippen molar-refractivity contribution in [1.82, 2.24) is 9.97 Å². The van der Waals surface area contributed by atoms with Crippen molar-refractivity contribution in [2.24, 2.45) is 5.41 Å². The van der Waals surface area contributed by atoms with Crippen LogP contribution in [0.4, 0.5) is 23.1 Å². The standard InChI is InChI=1S/C21H24N6O2/c1-2-21(15-22)8-10-27(19(21)28)18-7-9-23-20(25-18)24-16-3-5-17(6-4-16)26-11-13-29-14-12-26/h3-7,9H,2,8,10-14H2,1H3,(H,23,24,25)/t21-/m1/s1. The number of aromatic nitrogens is 2. The molecule has 1 atom stereocenters. The molecule has 0 aliphatic carbocycles. The molecule has 1 aromatic carbocycles. The third-order valence-electron chi connectivity index (χ3n) is 5.65. The predicted molar refractivity (Wildman–Crippen MR) is 110 cm³/mol. The summed E-state index contributed by atoms with van der Waals surface area (Å²) in [5.41, 5.74) is 1.09. The zero-order valence-corrected chi connectivity index (χ0v) is 16.5. The highest BCUT2D eigenvalue weighted by atomic mass is 16.5. The molecular weight excluding hydrogens is 368 g/mol. The first kappa shape index (κ1) is 19.2. The van der Waals surface area contributed by atoms with Gasteiger partial charge in [0.1, 0.15) is 11.2 Å². The lowest BCUT2D eigenvalue weighted by molar-refractivity contribution is -0.123. The monoisotopic (exact) mass is 392 g/mol. The third kappa shape index (κ3) is 3.74. The molecule has 0 unspecified atom stereocenters. The van der Waals surface area contributed by atoms with Crippen molar-refractivity contribution in [1.29, 1.82) is 5.26 Å². The number of nitriles is 1. The van der Waals surface area contributed by atoms with Gasteiger partial charge in [0.2, 0.25) is 11.9 Å². The van der Waals surface area contributed by atoms with Crippen LogP contribution in [0.25, 0.3) is 0 Å². The van der Waals surface area contributed by atoms with E-state index in [2.05, 4.69) is 38.4 Å². The van der Waals surface area contributed by atoms with Crippen LogP contribution in [0.5, 0.6) is 0 Å². The van der Waals surface area contributed by atoms with Crippen molar-refractivity contribution in [2.45, 2.75) is 19.8 Å². The Kier molecular flexibility index (Phi) is 5.32. The predicted octanol–water partition coefficient (Wildman–Crippen LogP) is 2.71. The highest BCUT2D eigenvalue weighted by Crippen LogP contribution is 2.36. The Labute approximate surface area is 170 Å². The topological polar surface area (TPSA) is 94.4 Å². The molecule has 0 radical (unpaired) electrons. The molecule has 2 aromatic rings. The molecule has 0 spiro atoms. The summed E-state index contributed by atoms with van der Waals surface area (Å²) in [6.45, 7) is 5.65. The zero-order valence-electron chi connectivity index (χ0n) is 16.5. The largest absolute Gasteiger partial charge is 0.378 e. The van der Waals surface area contributed by atoms with Crippen molar-refractivity contribution < 1.29 is 9.53 Å². The first-order chi connectivity index (χ1) is 14.1. The quantitative estimate of drug-likeness (QED) is 0.836. The van der Waals surface area contributed by atoms with E-state index in [0.717, 1.165) is 37.7 Å². The average molecular weight is 392 g/mol. The fourth-order valence-corrected chi connectivity index (χ4v) is 3.76. The number of carbonyl (C=O) groups is 1. The van der Waals surface area contributed by atoms with Crippen LogP contribution in [0.2, 0.25) is 0 Å². The third-order valence-corrected chi connectivity index (χ3v) is 5.65. The number of anilines is 4. The maximum Gasteiger partial charge on any atom is 0.248 e. The molecule has 0 bridgehead atoms. The van der Waals surface area contributed by atoms with Gasteiger partial charge >= 0.3 is 0 Å². The fraction of sp³-hybridized carbons (Fsp3) is 0.429. The minimum absolute atomic E-state index is 0.179. The van der Waals surface area contributed by atoms with Crippen molar-refractivity contribution in [3.63, 3.8) is 0 Å². The molecule has 29 heavy (non-hydrogen) atoms. The van der Waals surface area contributed by atoms with Gasteiger partial charge in [0, 0.05) is 37.2 Å². The average Bonchev–Trinajstić information content (AvgIpc) is 3.12. The van der Waals surface area contributed by atoms with Crippen molar-refractivity contribution in [3.05, 3.63) is 36.5 Å². The van der Waals surface area contributed by atoms with Crippen LogP contribution in [0.3, 0.4) is 0 Å². The first-order valence-electron chi connectivity index (χ1n) is 9.91. The SMILES string of the molecule is CC[C@]1(C#N)CCN(c2ccnc(Nc3ccc(N4CCOCC4)cc3)n2)C1=O. The summed E-state index contributed by atoms with van der Waals surface area (Å²) >= 11 is 0. The van der Waals surface area contributed by atoms with Gasteiger partial charge in [-0.1, -0.05) is 6.92 Å². The number of ether oxygens (including phenoxy) is 1. The van der Waals surface area contributed by atoms with Crippen LogP contribution in [0, 0.1) is 16.7 Å². The van der Waals surface area contributed by atoms with Gasteiger partial charge in [-0.15, -0.1) is 0 Å². The minimum atomic E-state index is -0.937. The molecule has 4 rings (SSSR count). The normalized spacial score (nSPS) is 21.9. The summed E-state index contributed by atoms with van der Waals surface area (Å²) in [5.74, 6) is 0.755. The lowest BCUT2D eigenvalue weighted by Gasteiger charge is -2.28.